The molecule has 2 aromatic carbocycles. The molecule has 7 heteroatoms. The lowest BCUT2D eigenvalue weighted by Gasteiger charge is -2.14. The minimum atomic E-state index is -0.919. The van der Waals surface area contributed by atoms with Crippen molar-refractivity contribution >= 4 is 23.8 Å². The van der Waals surface area contributed by atoms with Crippen LogP contribution in [0.1, 0.15) is 47.0 Å². The SMILES string of the molecule is COC(=O)c1cccc(C(=O)ON2C(=O)c3ccccc3C2=O)c1C. The van der Waals surface area contributed by atoms with E-state index in [1.54, 1.807) is 19.1 Å². The van der Waals surface area contributed by atoms with E-state index in [2.05, 4.69) is 4.74 Å². The van der Waals surface area contributed by atoms with Crippen LogP contribution < -0.4 is 0 Å². The lowest BCUT2D eigenvalue weighted by atomic mass is 10.0. The average molecular weight is 339 g/mol. The number of nitrogens with zero attached hydrogens (tertiary/aromatic N) is 1. The minimum Gasteiger partial charge on any atom is -0.465 e. The number of benzene rings is 2. The molecule has 7 nitrogen and oxygen atoms in total. The number of carbonyl (C=O) groups is 4. The van der Waals surface area contributed by atoms with Crippen molar-refractivity contribution in [2.45, 2.75) is 6.92 Å². The second-order valence-corrected chi connectivity index (χ2v) is 5.30. The third kappa shape index (κ3) is 2.65. The Morgan fingerprint density at radius 2 is 1.36 bits per heavy atom. The highest BCUT2D eigenvalue weighted by Gasteiger charge is 2.39. The molecule has 2 aromatic rings. The monoisotopic (exact) mass is 339 g/mol. The minimum absolute atomic E-state index is 0.0551. The Balaban J connectivity index is 1.88. The maximum Gasteiger partial charge on any atom is 0.364 e. The highest BCUT2D eigenvalue weighted by atomic mass is 16.7. The van der Waals surface area contributed by atoms with Crippen molar-refractivity contribution in [1.29, 1.82) is 0 Å². The van der Waals surface area contributed by atoms with Gasteiger partial charge in [-0.1, -0.05) is 23.3 Å². The summed E-state index contributed by atoms with van der Waals surface area (Å²) in [7, 11) is 1.23. The topological polar surface area (TPSA) is 90.0 Å². The van der Waals surface area contributed by atoms with Gasteiger partial charge in [0, 0.05) is 0 Å². The van der Waals surface area contributed by atoms with Crippen LogP contribution in [0.2, 0.25) is 0 Å². The number of carbonyl (C=O) groups excluding carboxylic acids is 4. The predicted molar refractivity (Wildman–Crippen MR) is 84.9 cm³/mol. The van der Waals surface area contributed by atoms with Crippen LogP contribution in [-0.4, -0.2) is 35.9 Å². The molecule has 1 aliphatic rings. The number of ether oxygens (including phenoxy) is 1. The van der Waals surface area contributed by atoms with Crippen molar-refractivity contribution < 1.29 is 28.8 Å². The molecule has 0 saturated heterocycles. The Bertz CT molecular complexity index is 883. The number of imide groups is 1. The average Bonchev–Trinajstić information content (AvgIpc) is 2.86. The molecule has 2 amide bonds. The number of fused-ring (bicyclic) bond motifs is 1. The summed E-state index contributed by atoms with van der Waals surface area (Å²) in [6.07, 6.45) is 0. The smallest absolute Gasteiger partial charge is 0.364 e. The summed E-state index contributed by atoms with van der Waals surface area (Å²) < 4.78 is 4.65. The normalized spacial score (nSPS) is 12.8. The summed E-state index contributed by atoms with van der Waals surface area (Å²) in [6.45, 7) is 1.55. The lowest BCUT2D eigenvalue weighted by Crippen LogP contribution is -2.33. The zero-order valence-corrected chi connectivity index (χ0v) is 13.4. The Labute approximate surface area is 142 Å². The van der Waals surface area contributed by atoms with Crippen LogP contribution in [0.4, 0.5) is 0 Å². The summed E-state index contributed by atoms with van der Waals surface area (Å²) in [5.74, 6) is -2.95. The molecule has 0 spiro atoms. The first-order valence-corrected chi connectivity index (χ1v) is 7.33. The molecular weight excluding hydrogens is 326 g/mol. The van der Waals surface area contributed by atoms with E-state index in [9.17, 15) is 19.2 Å². The van der Waals surface area contributed by atoms with E-state index in [0.29, 0.717) is 10.6 Å². The Kier molecular flexibility index (Phi) is 4.06. The number of amides is 2. The second-order valence-electron chi connectivity index (χ2n) is 5.30. The van der Waals surface area contributed by atoms with Gasteiger partial charge in [-0.3, -0.25) is 9.59 Å². The van der Waals surface area contributed by atoms with Gasteiger partial charge in [-0.25, -0.2) is 9.59 Å². The van der Waals surface area contributed by atoms with Gasteiger partial charge >= 0.3 is 11.9 Å². The molecular formula is C18H13NO6. The van der Waals surface area contributed by atoms with Gasteiger partial charge < -0.3 is 9.57 Å². The van der Waals surface area contributed by atoms with Gasteiger partial charge in [0.1, 0.15) is 0 Å². The molecule has 25 heavy (non-hydrogen) atoms. The molecule has 0 unspecified atom stereocenters. The van der Waals surface area contributed by atoms with E-state index in [0.717, 1.165) is 0 Å². The number of hydrogen-bond donors (Lipinski definition) is 0. The quantitative estimate of drug-likeness (QED) is 0.629. The van der Waals surface area contributed by atoms with E-state index in [-0.39, 0.29) is 22.3 Å². The highest BCUT2D eigenvalue weighted by molar-refractivity contribution is 6.21. The van der Waals surface area contributed by atoms with Crippen molar-refractivity contribution in [3.63, 3.8) is 0 Å². The van der Waals surface area contributed by atoms with Crippen LogP contribution in [-0.2, 0) is 9.57 Å². The van der Waals surface area contributed by atoms with E-state index in [1.165, 1.54) is 37.4 Å². The standard InChI is InChI=1S/C18H13NO6/c1-10-11(17(22)24-2)8-5-9-12(10)18(23)25-19-15(20)13-6-3-4-7-14(13)16(19)21/h3-9H,1-2H3. The van der Waals surface area contributed by atoms with Crippen molar-refractivity contribution in [2.75, 3.05) is 7.11 Å². The molecule has 0 atom stereocenters. The molecule has 126 valence electrons. The molecule has 1 heterocycles. The van der Waals surface area contributed by atoms with Gasteiger partial charge in [0.2, 0.25) is 0 Å². The largest absolute Gasteiger partial charge is 0.465 e. The van der Waals surface area contributed by atoms with Crippen LogP contribution >= 0.6 is 0 Å². The Hall–Kier alpha value is -3.48. The first-order chi connectivity index (χ1) is 12.0. The van der Waals surface area contributed by atoms with Gasteiger partial charge in [-0.2, -0.15) is 0 Å². The molecule has 3 rings (SSSR count). The summed E-state index contributed by atoms with van der Waals surface area (Å²) in [6, 6.07) is 10.6. The molecule has 1 aliphatic heterocycles. The molecule has 0 saturated carbocycles. The first kappa shape index (κ1) is 16.4. The van der Waals surface area contributed by atoms with Crippen molar-refractivity contribution in [3.8, 4) is 0 Å². The molecule has 0 fully saturated rings. The van der Waals surface area contributed by atoms with Crippen molar-refractivity contribution in [1.82, 2.24) is 5.06 Å². The fourth-order valence-corrected chi connectivity index (χ4v) is 2.57. The fourth-order valence-electron chi connectivity index (χ4n) is 2.57. The van der Waals surface area contributed by atoms with E-state index in [4.69, 9.17) is 4.84 Å². The van der Waals surface area contributed by atoms with Gasteiger partial charge in [-0.15, -0.1) is 0 Å². The van der Waals surface area contributed by atoms with Gasteiger partial charge in [0.25, 0.3) is 11.8 Å². The number of methoxy groups -OCH3 is 1. The lowest BCUT2D eigenvalue weighted by molar-refractivity contribution is -0.0585. The highest BCUT2D eigenvalue weighted by Crippen LogP contribution is 2.24. The van der Waals surface area contributed by atoms with Crippen LogP contribution in [0.25, 0.3) is 0 Å². The van der Waals surface area contributed by atoms with E-state index in [1.807, 2.05) is 0 Å². The van der Waals surface area contributed by atoms with Crippen LogP contribution in [0.3, 0.4) is 0 Å². The Morgan fingerprint density at radius 1 is 0.840 bits per heavy atom. The fraction of sp³-hybridized carbons (Fsp3) is 0.111. The summed E-state index contributed by atoms with van der Waals surface area (Å²) in [5.41, 5.74) is 0.912. The summed E-state index contributed by atoms with van der Waals surface area (Å²) in [5, 5.41) is 0.428. The van der Waals surface area contributed by atoms with Crippen LogP contribution in [0, 0.1) is 6.92 Å². The van der Waals surface area contributed by atoms with Crippen molar-refractivity contribution in [2.24, 2.45) is 0 Å². The number of esters is 1. The molecule has 0 aromatic heterocycles. The van der Waals surface area contributed by atoms with Gasteiger partial charge in [0.15, 0.2) is 0 Å². The van der Waals surface area contributed by atoms with Crippen LogP contribution in [0.15, 0.2) is 42.5 Å². The summed E-state index contributed by atoms with van der Waals surface area (Å²) in [4.78, 5) is 53.6. The predicted octanol–water partition coefficient (Wildman–Crippen LogP) is 2.15. The number of rotatable bonds is 3. The molecule has 0 radical (unpaired) electrons. The van der Waals surface area contributed by atoms with Crippen LogP contribution in [0.5, 0.6) is 0 Å². The molecule has 0 aliphatic carbocycles. The number of hydroxylamine groups is 2. The van der Waals surface area contributed by atoms with Crippen molar-refractivity contribution in [3.05, 3.63) is 70.3 Å². The van der Waals surface area contributed by atoms with Gasteiger partial charge in [-0.05, 0) is 36.8 Å². The van der Waals surface area contributed by atoms with Gasteiger partial charge in [0.05, 0.1) is 29.4 Å². The number of hydrogen-bond acceptors (Lipinski definition) is 6. The van der Waals surface area contributed by atoms with E-state index >= 15 is 0 Å². The second kappa shape index (κ2) is 6.20. The zero-order chi connectivity index (χ0) is 18.1. The Morgan fingerprint density at radius 3 is 1.88 bits per heavy atom. The molecule has 0 N–H and O–H groups in total. The van der Waals surface area contributed by atoms with E-state index < -0.39 is 23.8 Å². The first-order valence-electron chi connectivity index (χ1n) is 7.33. The maximum absolute atomic E-state index is 12.4. The third-order valence-corrected chi connectivity index (χ3v) is 3.89. The molecule has 0 bridgehead atoms. The maximum atomic E-state index is 12.4. The zero-order valence-electron chi connectivity index (χ0n) is 13.4. The third-order valence-electron chi connectivity index (χ3n) is 3.89. The summed E-state index contributed by atoms with van der Waals surface area (Å²) >= 11 is 0.